The summed E-state index contributed by atoms with van der Waals surface area (Å²) in [6.45, 7) is 3.02. The highest BCUT2D eigenvalue weighted by molar-refractivity contribution is 5.96. The number of aryl methyl sites for hydroxylation is 1. The normalized spacial score (nSPS) is 16.1. The number of hydrogen-bond donors (Lipinski definition) is 1. The van der Waals surface area contributed by atoms with Crippen LogP contribution in [0.25, 0.3) is 0 Å². The summed E-state index contributed by atoms with van der Waals surface area (Å²) in [7, 11) is 1.63. The molecule has 2 aromatic carbocycles. The Morgan fingerprint density at radius 2 is 1.79 bits per heavy atom. The molecule has 0 radical (unpaired) electrons. The molecule has 0 bridgehead atoms. The summed E-state index contributed by atoms with van der Waals surface area (Å²) in [5.41, 5.74) is 1.90. The number of amides is 2. The van der Waals surface area contributed by atoms with E-state index in [2.05, 4.69) is 5.32 Å². The van der Waals surface area contributed by atoms with Crippen LogP contribution in [-0.2, 0) is 16.0 Å². The summed E-state index contributed by atoms with van der Waals surface area (Å²) in [4.78, 5) is 26.3. The minimum Gasteiger partial charge on any atom is -0.497 e. The lowest BCUT2D eigenvalue weighted by Gasteiger charge is -2.17. The predicted octanol–water partition coefficient (Wildman–Crippen LogP) is 2.95. The quantitative estimate of drug-likeness (QED) is 0.762. The van der Waals surface area contributed by atoms with Crippen LogP contribution in [0.3, 0.4) is 0 Å². The van der Waals surface area contributed by atoms with Gasteiger partial charge in [-0.15, -0.1) is 0 Å². The van der Waals surface area contributed by atoms with Gasteiger partial charge in [0.15, 0.2) is 0 Å². The number of carbonyl (C=O) groups is 2. The molecule has 3 rings (SSSR count). The molecule has 6 heteroatoms. The molecule has 2 amide bonds. The summed E-state index contributed by atoms with van der Waals surface area (Å²) in [6, 6.07) is 15.0. The smallest absolute Gasteiger partial charge is 0.229 e. The second-order valence-electron chi connectivity index (χ2n) is 6.75. The monoisotopic (exact) mass is 382 g/mol. The first-order valence-corrected chi connectivity index (χ1v) is 9.54. The summed E-state index contributed by atoms with van der Waals surface area (Å²) in [5.74, 6) is 1.56. The van der Waals surface area contributed by atoms with E-state index in [9.17, 15) is 9.59 Å². The fourth-order valence-electron chi connectivity index (χ4n) is 3.29. The second-order valence-corrected chi connectivity index (χ2v) is 6.75. The number of ether oxygens (including phenoxy) is 2. The van der Waals surface area contributed by atoms with Crippen LogP contribution in [0.15, 0.2) is 48.5 Å². The van der Waals surface area contributed by atoms with Crippen molar-refractivity contribution in [1.29, 1.82) is 0 Å². The Morgan fingerprint density at radius 3 is 2.43 bits per heavy atom. The number of nitrogens with zero attached hydrogens (tertiary/aromatic N) is 1. The van der Waals surface area contributed by atoms with Crippen molar-refractivity contribution in [2.45, 2.75) is 32.2 Å². The summed E-state index contributed by atoms with van der Waals surface area (Å²) >= 11 is 0. The highest BCUT2D eigenvalue weighted by Gasteiger charge is 2.31. The topological polar surface area (TPSA) is 67.9 Å². The van der Waals surface area contributed by atoms with Crippen LogP contribution in [0.2, 0.25) is 0 Å². The molecule has 1 N–H and O–H groups in total. The van der Waals surface area contributed by atoms with E-state index in [1.54, 1.807) is 12.0 Å². The van der Waals surface area contributed by atoms with E-state index in [1.807, 2.05) is 55.5 Å². The van der Waals surface area contributed by atoms with Crippen molar-refractivity contribution in [3.05, 3.63) is 54.1 Å². The van der Waals surface area contributed by atoms with Gasteiger partial charge < -0.3 is 19.7 Å². The lowest BCUT2D eigenvalue weighted by molar-refractivity contribution is -0.121. The molecule has 1 aliphatic rings. The van der Waals surface area contributed by atoms with Crippen LogP contribution in [-0.4, -0.2) is 38.1 Å². The Labute approximate surface area is 165 Å². The lowest BCUT2D eigenvalue weighted by Crippen LogP contribution is -2.37. The van der Waals surface area contributed by atoms with Crippen LogP contribution in [0.1, 0.15) is 25.3 Å². The van der Waals surface area contributed by atoms with Crippen LogP contribution < -0.4 is 19.7 Å². The van der Waals surface area contributed by atoms with Gasteiger partial charge in [-0.25, -0.2) is 0 Å². The van der Waals surface area contributed by atoms with E-state index in [4.69, 9.17) is 9.47 Å². The zero-order valence-corrected chi connectivity index (χ0v) is 16.3. The first kappa shape index (κ1) is 19.7. The Morgan fingerprint density at radius 1 is 1.11 bits per heavy atom. The number of methoxy groups -OCH3 is 1. The van der Waals surface area contributed by atoms with Gasteiger partial charge in [-0.3, -0.25) is 9.59 Å². The molecule has 1 aliphatic heterocycles. The second kappa shape index (κ2) is 9.26. The Hall–Kier alpha value is -3.02. The van der Waals surface area contributed by atoms with Gasteiger partial charge in [0.25, 0.3) is 0 Å². The maximum absolute atomic E-state index is 12.3. The number of benzene rings is 2. The first-order chi connectivity index (χ1) is 13.6. The Kier molecular flexibility index (Phi) is 6.53. The lowest BCUT2D eigenvalue weighted by atomic mass is 10.1. The molecule has 2 aromatic rings. The van der Waals surface area contributed by atoms with E-state index in [0.29, 0.717) is 32.4 Å². The average molecular weight is 382 g/mol. The van der Waals surface area contributed by atoms with Gasteiger partial charge in [0.05, 0.1) is 19.8 Å². The Bertz CT molecular complexity index is 802. The van der Waals surface area contributed by atoms with Crippen molar-refractivity contribution in [2.24, 2.45) is 0 Å². The van der Waals surface area contributed by atoms with Crippen molar-refractivity contribution in [2.75, 3.05) is 25.2 Å². The van der Waals surface area contributed by atoms with E-state index in [0.717, 1.165) is 22.7 Å². The zero-order chi connectivity index (χ0) is 19.9. The fraction of sp³-hybridized carbons (Fsp3) is 0.364. The largest absolute Gasteiger partial charge is 0.497 e. The fourth-order valence-corrected chi connectivity index (χ4v) is 3.29. The molecule has 148 valence electrons. The number of carbonyl (C=O) groups excluding carboxylic acids is 2. The molecule has 0 unspecified atom stereocenters. The van der Waals surface area contributed by atoms with Gasteiger partial charge in [-0.1, -0.05) is 12.1 Å². The minimum absolute atomic E-state index is 0.0182. The van der Waals surface area contributed by atoms with E-state index < -0.39 is 0 Å². The molecule has 28 heavy (non-hydrogen) atoms. The van der Waals surface area contributed by atoms with Gasteiger partial charge in [0, 0.05) is 25.1 Å². The average Bonchev–Trinajstić information content (AvgIpc) is 3.07. The van der Waals surface area contributed by atoms with Gasteiger partial charge in [-0.2, -0.15) is 0 Å². The molecule has 0 aromatic heterocycles. The molecular weight excluding hydrogens is 356 g/mol. The standard InChI is InChI=1S/C22H26N2O4/c1-3-28-20-11-7-18(8-12-20)24-15-17(14-22(24)26)23-21(25)13-6-16-4-9-19(27-2)10-5-16/h4-5,7-12,17H,3,6,13-15H2,1-2H3,(H,23,25)/t17-/m0/s1. The maximum Gasteiger partial charge on any atom is 0.229 e. The summed E-state index contributed by atoms with van der Waals surface area (Å²) < 4.78 is 10.6. The summed E-state index contributed by atoms with van der Waals surface area (Å²) in [5, 5.41) is 2.98. The molecule has 0 saturated carbocycles. The summed E-state index contributed by atoms with van der Waals surface area (Å²) in [6.07, 6.45) is 1.36. The van der Waals surface area contributed by atoms with Gasteiger partial charge in [0.1, 0.15) is 11.5 Å². The van der Waals surface area contributed by atoms with E-state index in [-0.39, 0.29) is 17.9 Å². The van der Waals surface area contributed by atoms with Crippen LogP contribution in [0, 0.1) is 0 Å². The van der Waals surface area contributed by atoms with Crippen LogP contribution in [0.5, 0.6) is 11.5 Å². The maximum atomic E-state index is 12.3. The highest BCUT2D eigenvalue weighted by atomic mass is 16.5. The Balaban J connectivity index is 1.49. The molecular formula is C22H26N2O4. The molecule has 1 atom stereocenters. The highest BCUT2D eigenvalue weighted by Crippen LogP contribution is 2.24. The van der Waals surface area contributed by atoms with Crippen LogP contribution in [0.4, 0.5) is 5.69 Å². The number of hydrogen-bond acceptors (Lipinski definition) is 4. The van der Waals surface area contributed by atoms with Crippen molar-refractivity contribution in [3.63, 3.8) is 0 Å². The minimum atomic E-state index is -0.164. The third kappa shape index (κ3) is 5.03. The molecule has 0 spiro atoms. The zero-order valence-electron chi connectivity index (χ0n) is 16.3. The number of nitrogens with one attached hydrogen (secondary N) is 1. The third-order valence-corrected chi connectivity index (χ3v) is 4.75. The van der Waals surface area contributed by atoms with Crippen LogP contribution >= 0.6 is 0 Å². The van der Waals surface area contributed by atoms with Gasteiger partial charge in [0.2, 0.25) is 11.8 Å². The van der Waals surface area contributed by atoms with Crippen molar-refractivity contribution < 1.29 is 19.1 Å². The molecule has 1 heterocycles. The molecule has 6 nitrogen and oxygen atoms in total. The van der Waals surface area contributed by atoms with E-state index in [1.165, 1.54) is 0 Å². The van der Waals surface area contributed by atoms with E-state index >= 15 is 0 Å². The molecule has 1 saturated heterocycles. The molecule has 1 fully saturated rings. The van der Waals surface area contributed by atoms with Crippen molar-refractivity contribution in [1.82, 2.24) is 5.32 Å². The molecule has 0 aliphatic carbocycles. The van der Waals surface area contributed by atoms with Gasteiger partial charge in [-0.05, 0) is 55.3 Å². The number of rotatable bonds is 8. The van der Waals surface area contributed by atoms with Crippen molar-refractivity contribution >= 4 is 17.5 Å². The number of anilines is 1. The van der Waals surface area contributed by atoms with Gasteiger partial charge >= 0.3 is 0 Å². The SMILES string of the molecule is CCOc1ccc(N2C[C@@H](NC(=O)CCc3ccc(OC)cc3)CC2=O)cc1. The predicted molar refractivity (Wildman–Crippen MR) is 108 cm³/mol. The first-order valence-electron chi connectivity index (χ1n) is 9.54. The third-order valence-electron chi connectivity index (χ3n) is 4.75. The van der Waals surface area contributed by atoms with Crippen molar-refractivity contribution in [3.8, 4) is 11.5 Å².